The molecule has 0 saturated heterocycles. The Hall–Kier alpha value is -1.55. The van der Waals surface area contributed by atoms with Crippen LogP contribution in [-0.4, -0.2) is 32.3 Å². The van der Waals surface area contributed by atoms with E-state index in [4.69, 9.17) is 9.47 Å². The van der Waals surface area contributed by atoms with Crippen molar-refractivity contribution in [3.05, 3.63) is 29.8 Å². The van der Waals surface area contributed by atoms with E-state index in [-0.39, 0.29) is 12.6 Å². The molecule has 0 bridgehead atoms. The van der Waals surface area contributed by atoms with E-state index in [1.165, 1.54) is 12.7 Å². The van der Waals surface area contributed by atoms with Gasteiger partial charge in [-0.25, -0.2) is 0 Å². The van der Waals surface area contributed by atoms with Gasteiger partial charge < -0.3 is 14.8 Å². The number of para-hydroxylation sites is 1. The Morgan fingerprint density at radius 1 is 1.29 bits per heavy atom. The van der Waals surface area contributed by atoms with Crippen molar-refractivity contribution in [3.63, 3.8) is 0 Å². The van der Waals surface area contributed by atoms with Crippen LogP contribution in [0.3, 0.4) is 0 Å². The first-order valence-corrected chi connectivity index (χ1v) is 7.66. The van der Waals surface area contributed by atoms with E-state index in [1.807, 2.05) is 18.2 Å². The number of nitrogens with one attached hydrogen (secondary N) is 1. The number of carbonyl (C=O) groups excluding carboxylic acids is 1. The number of hydrogen-bond acceptors (Lipinski definition) is 4. The topological polar surface area (TPSA) is 47.6 Å². The standard InChI is InChI=1S/C17H27NO3/c1-5-11-18-15(17(19)20-4)12-21-16-10-8-7-9-14(16)13(3)6-2/h7-10,13,15,18H,5-6,11-12H2,1-4H3. The van der Waals surface area contributed by atoms with Crippen molar-refractivity contribution >= 4 is 5.97 Å². The zero-order valence-electron chi connectivity index (χ0n) is 13.5. The highest BCUT2D eigenvalue weighted by Crippen LogP contribution is 2.28. The first kappa shape index (κ1) is 17.5. The normalized spacial score (nSPS) is 13.5. The Balaban J connectivity index is 2.73. The predicted octanol–water partition coefficient (Wildman–Crippen LogP) is 3.12. The number of esters is 1. The minimum absolute atomic E-state index is 0.278. The van der Waals surface area contributed by atoms with E-state index in [9.17, 15) is 4.79 Å². The summed E-state index contributed by atoms with van der Waals surface area (Å²) in [6, 6.07) is 7.57. The summed E-state index contributed by atoms with van der Waals surface area (Å²) < 4.78 is 10.7. The third-order valence-corrected chi connectivity index (χ3v) is 3.59. The molecule has 0 aliphatic carbocycles. The average Bonchev–Trinajstić information content (AvgIpc) is 2.53. The Bertz CT molecular complexity index is 434. The van der Waals surface area contributed by atoms with Crippen LogP contribution >= 0.6 is 0 Å². The smallest absolute Gasteiger partial charge is 0.326 e. The lowest BCUT2D eigenvalue weighted by molar-refractivity contribution is -0.143. The first-order chi connectivity index (χ1) is 10.1. The fraction of sp³-hybridized carbons (Fsp3) is 0.588. The Morgan fingerprint density at radius 2 is 2.00 bits per heavy atom. The molecular formula is C17H27NO3. The largest absolute Gasteiger partial charge is 0.491 e. The lowest BCUT2D eigenvalue weighted by Crippen LogP contribution is -2.42. The molecular weight excluding hydrogens is 266 g/mol. The molecule has 0 heterocycles. The van der Waals surface area contributed by atoms with Crippen LogP contribution in [0.4, 0.5) is 0 Å². The summed E-state index contributed by atoms with van der Waals surface area (Å²) >= 11 is 0. The van der Waals surface area contributed by atoms with Crippen molar-refractivity contribution in [1.29, 1.82) is 0 Å². The molecule has 0 radical (unpaired) electrons. The monoisotopic (exact) mass is 293 g/mol. The Labute approximate surface area is 127 Å². The highest BCUT2D eigenvalue weighted by Gasteiger charge is 2.20. The summed E-state index contributed by atoms with van der Waals surface area (Å²) in [5.41, 5.74) is 1.18. The number of benzene rings is 1. The van der Waals surface area contributed by atoms with Gasteiger partial charge in [-0.05, 0) is 36.9 Å². The molecule has 118 valence electrons. The van der Waals surface area contributed by atoms with E-state index < -0.39 is 6.04 Å². The minimum atomic E-state index is -0.431. The van der Waals surface area contributed by atoms with Crippen molar-refractivity contribution in [1.82, 2.24) is 5.32 Å². The van der Waals surface area contributed by atoms with Crippen molar-refractivity contribution < 1.29 is 14.3 Å². The van der Waals surface area contributed by atoms with Crippen molar-refractivity contribution in [2.45, 2.75) is 45.6 Å². The predicted molar refractivity (Wildman–Crippen MR) is 84.7 cm³/mol. The summed E-state index contributed by atoms with van der Waals surface area (Å²) in [7, 11) is 1.40. The van der Waals surface area contributed by atoms with Gasteiger partial charge in [0.1, 0.15) is 18.4 Å². The lowest BCUT2D eigenvalue weighted by Gasteiger charge is -2.20. The van der Waals surface area contributed by atoms with Gasteiger partial charge in [-0.2, -0.15) is 0 Å². The van der Waals surface area contributed by atoms with Crippen molar-refractivity contribution in [3.8, 4) is 5.75 Å². The summed E-state index contributed by atoms with van der Waals surface area (Å²) in [4.78, 5) is 11.7. The van der Waals surface area contributed by atoms with E-state index in [0.717, 1.165) is 25.1 Å². The fourth-order valence-electron chi connectivity index (χ4n) is 2.08. The summed E-state index contributed by atoms with van der Waals surface area (Å²) in [5.74, 6) is 0.991. The molecule has 1 aromatic carbocycles. The van der Waals surface area contributed by atoms with Gasteiger partial charge in [0.25, 0.3) is 0 Å². The third kappa shape index (κ3) is 5.38. The second kappa shape index (κ2) is 9.40. The second-order valence-corrected chi connectivity index (χ2v) is 5.19. The molecule has 0 fully saturated rings. The molecule has 2 atom stereocenters. The highest BCUT2D eigenvalue weighted by atomic mass is 16.5. The van der Waals surface area contributed by atoms with Crippen LogP contribution < -0.4 is 10.1 Å². The third-order valence-electron chi connectivity index (χ3n) is 3.59. The van der Waals surface area contributed by atoms with Crippen molar-refractivity contribution in [2.24, 2.45) is 0 Å². The molecule has 2 unspecified atom stereocenters. The van der Waals surface area contributed by atoms with Gasteiger partial charge in [0, 0.05) is 0 Å². The van der Waals surface area contributed by atoms with Crippen LogP contribution in [0.5, 0.6) is 5.75 Å². The molecule has 4 nitrogen and oxygen atoms in total. The van der Waals surface area contributed by atoms with Gasteiger partial charge >= 0.3 is 5.97 Å². The second-order valence-electron chi connectivity index (χ2n) is 5.19. The van der Waals surface area contributed by atoms with Gasteiger partial charge in [-0.1, -0.05) is 39.0 Å². The number of rotatable bonds is 9. The maximum Gasteiger partial charge on any atom is 0.326 e. The van der Waals surface area contributed by atoms with E-state index >= 15 is 0 Å². The molecule has 1 aromatic rings. The van der Waals surface area contributed by atoms with Crippen LogP contribution in [-0.2, 0) is 9.53 Å². The molecule has 0 amide bonds. The maximum atomic E-state index is 11.7. The summed E-state index contributed by atoms with van der Waals surface area (Å²) in [6.07, 6.45) is 2.01. The van der Waals surface area contributed by atoms with Gasteiger partial charge in [0.2, 0.25) is 0 Å². The quantitative estimate of drug-likeness (QED) is 0.711. The zero-order valence-corrected chi connectivity index (χ0v) is 13.5. The SMILES string of the molecule is CCCNC(COc1ccccc1C(C)CC)C(=O)OC. The minimum Gasteiger partial charge on any atom is -0.491 e. The summed E-state index contributed by atoms with van der Waals surface area (Å²) in [6.45, 7) is 7.42. The molecule has 1 rings (SSSR count). The van der Waals surface area contributed by atoms with Crippen LogP contribution in [0.2, 0.25) is 0 Å². The van der Waals surface area contributed by atoms with E-state index in [2.05, 4.69) is 32.2 Å². The Kier molecular flexibility index (Phi) is 7.83. The number of hydrogen-bond donors (Lipinski definition) is 1. The highest BCUT2D eigenvalue weighted by molar-refractivity contribution is 5.75. The molecule has 0 spiro atoms. The van der Waals surface area contributed by atoms with Crippen LogP contribution in [0.25, 0.3) is 0 Å². The van der Waals surface area contributed by atoms with Crippen LogP contribution in [0.1, 0.15) is 45.1 Å². The van der Waals surface area contributed by atoms with Gasteiger partial charge in [0.15, 0.2) is 0 Å². The van der Waals surface area contributed by atoms with E-state index in [0.29, 0.717) is 5.92 Å². The van der Waals surface area contributed by atoms with Gasteiger partial charge in [-0.15, -0.1) is 0 Å². The number of ether oxygens (including phenoxy) is 2. The first-order valence-electron chi connectivity index (χ1n) is 7.66. The maximum absolute atomic E-state index is 11.7. The summed E-state index contributed by atoms with van der Waals surface area (Å²) in [5, 5.41) is 3.15. The Morgan fingerprint density at radius 3 is 2.62 bits per heavy atom. The molecule has 0 aliphatic rings. The van der Waals surface area contributed by atoms with E-state index in [1.54, 1.807) is 0 Å². The molecule has 0 aromatic heterocycles. The number of methoxy groups -OCH3 is 1. The molecule has 0 saturated carbocycles. The lowest BCUT2D eigenvalue weighted by atomic mass is 9.98. The molecule has 0 aliphatic heterocycles. The van der Waals surface area contributed by atoms with Crippen molar-refractivity contribution in [2.75, 3.05) is 20.3 Å². The molecule has 4 heteroatoms. The zero-order chi connectivity index (χ0) is 15.7. The van der Waals surface area contributed by atoms with Gasteiger partial charge in [-0.3, -0.25) is 4.79 Å². The average molecular weight is 293 g/mol. The number of carbonyl (C=O) groups is 1. The van der Waals surface area contributed by atoms with Crippen LogP contribution in [0.15, 0.2) is 24.3 Å². The van der Waals surface area contributed by atoms with Crippen LogP contribution in [0, 0.1) is 0 Å². The van der Waals surface area contributed by atoms with Gasteiger partial charge in [0.05, 0.1) is 7.11 Å². The fourth-order valence-corrected chi connectivity index (χ4v) is 2.08. The molecule has 1 N–H and O–H groups in total. The molecule has 21 heavy (non-hydrogen) atoms.